The van der Waals surface area contributed by atoms with Crippen molar-refractivity contribution in [3.8, 4) is 0 Å². The second-order valence-electron chi connectivity index (χ2n) is 2.91. The first kappa shape index (κ1) is 11.5. The Balaban J connectivity index is 2.86. The van der Waals surface area contributed by atoms with E-state index in [2.05, 4.69) is 27.6 Å². The maximum atomic E-state index is 11.4. The molecule has 1 aromatic heterocycles. The molecule has 5 heteroatoms. The Hall–Kier alpha value is -0.590. The smallest absolute Gasteiger partial charge is 0.419 e. The second kappa shape index (κ2) is 5.33. The minimum atomic E-state index is -0.350. The first-order valence-electron chi connectivity index (χ1n) is 4.47. The van der Waals surface area contributed by atoms with Gasteiger partial charge in [0.25, 0.3) is 0 Å². The van der Waals surface area contributed by atoms with Crippen molar-refractivity contribution in [2.24, 2.45) is 0 Å². The fourth-order valence-corrected chi connectivity index (χ4v) is 1.49. The highest BCUT2D eigenvalue weighted by atomic mass is 127. The standard InChI is InChI=1S/C9H13IN2O2/c1-3-14-9(13)12-5-4-11-8(12)7(2)6-10/h4-5,7H,3,6H2,1-2H3. The van der Waals surface area contributed by atoms with E-state index in [9.17, 15) is 4.79 Å². The molecule has 1 heterocycles. The first-order valence-corrected chi connectivity index (χ1v) is 5.99. The molecule has 0 saturated carbocycles. The lowest BCUT2D eigenvalue weighted by atomic mass is 10.2. The number of halogens is 1. The van der Waals surface area contributed by atoms with Crippen LogP contribution < -0.4 is 0 Å². The predicted molar refractivity (Wildman–Crippen MR) is 61.9 cm³/mol. The summed E-state index contributed by atoms with van der Waals surface area (Å²) >= 11 is 2.27. The molecule has 4 nitrogen and oxygen atoms in total. The topological polar surface area (TPSA) is 44.1 Å². The van der Waals surface area contributed by atoms with E-state index in [1.165, 1.54) is 4.57 Å². The van der Waals surface area contributed by atoms with Crippen molar-refractivity contribution in [2.75, 3.05) is 11.0 Å². The van der Waals surface area contributed by atoms with Crippen LogP contribution in [0, 0.1) is 0 Å². The molecule has 1 unspecified atom stereocenters. The lowest BCUT2D eigenvalue weighted by Crippen LogP contribution is -2.17. The fraction of sp³-hybridized carbons (Fsp3) is 0.556. The number of alkyl halides is 1. The van der Waals surface area contributed by atoms with Crippen molar-refractivity contribution in [1.29, 1.82) is 0 Å². The largest absolute Gasteiger partial charge is 0.449 e. The van der Waals surface area contributed by atoms with E-state index in [0.717, 1.165) is 10.3 Å². The van der Waals surface area contributed by atoms with E-state index in [1.807, 2.05) is 6.92 Å². The third-order valence-corrected chi connectivity index (χ3v) is 3.13. The normalized spacial score (nSPS) is 12.5. The van der Waals surface area contributed by atoms with Crippen molar-refractivity contribution in [2.45, 2.75) is 19.8 Å². The first-order chi connectivity index (χ1) is 6.70. The fourth-order valence-electron chi connectivity index (χ4n) is 1.10. The monoisotopic (exact) mass is 308 g/mol. The number of aromatic nitrogens is 2. The molecule has 0 saturated heterocycles. The van der Waals surface area contributed by atoms with Crippen LogP contribution in [0.3, 0.4) is 0 Å². The van der Waals surface area contributed by atoms with Crippen molar-refractivity contribution in [3.05, 3.63) is 18.2 Å². The molecule has 1 aromatic rings. The number of rotatable bonds is 3. The zero-order valence-electron chi connectivity index (χ0n) is 8.24. The van der Waals surface area contributed by atoms with E-state index < -0.39 is 0 Å². The Morgan fingerprint density at radius 3 is 3.07 bits per heavy atom. The summed E-state index contributed by atoms with van der Waals surface area (Å²) in [5.41, 5.74) is 0. The predicted octanol–water partition coefficient (Wildman–Crippen LogP) is 2.43. The molecule has 1 rings (SSSR count). The molecule has 0 aliphatic carbocycles. The van der Waals surface area contributed by atoms with Crippen LogP contribution in [0.25, 0.3) is 0 Å². The van der Waals surface area contributed by atoms with Crippen molar-refractivity contribution in [1.82, 2.24) is 9.55 Å². The van der Waals surface area contributed by atoms with E-state index >= 15 is 0 Å². The number of carbonyl (C=O) groups is 1. The third-order valence-electron chi connectivity index (χ3n) is 1.81. The van der Waals surface area contributed by atoms with Crippen LogP contribution in [0.1, 0.15) is 25.6 Å². The summed E-state index contributed by atoms with van der Waals surface area (Å²) in [4.78, 5) is 15.6. The minimum absolute atomic E-state index is 0.259. The Kier molecular flexibility index (Phi) is 4.37. The van der Waals surface area contributed by atoms with Gasteiger partial charge in [0.15, 0.2) is 0 Å². The molecule has 0 radical (unpaired) electrons. The van der Waals surface area contributed by atoms with E-state index in [4.69, 9.17) is 4.74 Å². The summed E-state index contributed by atoms with van der Waals surface area (Å²) in [6, 6.07) is 0. The van der Waals surface area contributed by atoms with E-state index in [1.54, 1.807) is 19.3 Å². The number of hydrogen-bond acceptors (Lipinski definition) is 3. The highest BCUT2D eigenvalue weighted by molar-refractivity contribution is 14.1. The molecule has 0 fully saturated rings. The van der Waals surface area contributed by atoms with Crippen LogP contribution in [-0.4, -0.2) is 26.7 Å². The number of imidazole rings is 1. The van der Waals surface area contributed by atoms with Crippen LogP contribution >= 0.6 is 22.6 Å². The maximum absolute atomic E-state index is 11.4. The molecule has 0 spiro atoms. The molecular weight excluding hydrogens is 295 g/mol. The number of carbonyl (C=O) groups excluding carboxylic acids is 1. The summed E-state index contributed by atoms with van der Waals surface area (Å²) in [5.74, 6) is 1.02. The average molecular weight is 308 g/mol. The van der Waals surface area contributed by atoms with Gasteiger partial charge in [0.05, 0.1) is 6.61 Å². The molecule has 0 amide bonds. The quantitative estimate of drug-likeness (QED) is 0.636. The Morgan fingerprint density at radius 1 is 1.79 bits per heavy atom. The molecule has 78 valence electrons. The van der Waals surface area contributed by atoms with Crippen LogP contribution in [-0.2, 0) is 4.74 Å². The van der Waals surface area contributed by atoms with Gasteiger partial charge in [0.2, 0.25) is 0 Å². The summed E-state index contributed by atoms with van der Waals surface area (Å²) in [5, 5.41) is 0. The number of ether oxygens (including phenoxy) is 1. The van der Waals surface area contributed by atoms with Gasteiger partial charge in [-0.2, -0.15) is 0 Å². The Bertz CT molecular complexity index is 312. The second-order valence-corrected chi connectivity index (χ2v) is 3.79. The summed E-state index contributed by atoms with van der Waals surface area (Å²) in [7, 11) is 0. The molecule has 0 N–H and O–H groups in total. The maximum Gasteiger partial charge on any atom is 0.419 e. The van der Waals surface area contributed by atoms with Gasteiger partial charge in [-0.3, -0.25) is 0 Å². The lowest BCUT2D eigenvalue weighted by Gasteiger charge is -2.09. The van der Waals surface area contributed by atoms with Gasteiger partial charge in [-0.1, -0.05) is 29.5 Å². The van der Waals surface area contributed by atoms with Crippen molar-refractivity contribution >= 4 is 28.7 Å². The van der Waals surface area contributed by atoms with Gasteiger partial charge in [-0.05, 0) is 6.92 Å². The van der Waals surface area contributed by atoms with E-state index in [0.29, 0.717) is 6.61 Å². The van der Waals surface area contributed by atoms with Crippen LogP contribution in [0.15, 0.2) is 12.4 Å². The van der Waals surface area contributed by atoms with Gasteiger partial charge in [0.1, 0.15) is 5.82 Å². The molecule has 0 aromatic carbocycles. The lowest BCUT2D eigenvalue weighted by molar-refractivity contribution is 0.153. The highest BCUT2D eigenvalue weighted by Gasteiger charge is 2.15. The minimum Gasteiger partial charge on any atom is -0.449 e. The molecule has 1 atom stereocenters. The van der Waals surface area contributed by atoms with Gasteiger partial charge >= 0.3 is 6.09 Å². The average Bonchev–Trinajstić information content (AvgIpc) is 2.65. The Labute approximate surface area is 96.8 Å². The zero-order chi connectivity index (χ0) is 10.6. The number of hydrogen-bond donors (Lipinski definition) is 0. The SMILES string of the molecule is CCOC(=O)n1ccnc1C(C)CI. The third kappa shape index (κ3) is 2.46. The van der Waals surface area contributed by atoms with Crippen LogP contribution in [0.4, 0.5) is 4.79 Å². The van der Waals surface area contributed by atoms with Gasteiger partial charge < -0.3 is 4.74 Å². The molecule has 14 heavy (non-hydrogen) atoms. The molecular formula is C9H13IN2O2. The molecule has 0 bridgehead atoms. The van der Waals surface area contributed by atoms with Gasteiger partial charge in [-0.25, -0.2) is 14.3 Å². The summed E-state index contributed by atoms with van der Waals surface area (Å²) in [6.45, 7) is 4.20. The number of nitrogens with zero attached hydrogens (tertiary/aromatic N) is 2. The van der Waals surface area contributed by atoms with Gasteiger partial charge in [0, 0.05) is 22.7 Å². The molecule has 0 aliphatic heterocycles. The van der Waals surface area contributed by atoms with Crippen LogP contribution in [0.2, 0.25) is 0 Å². The van der Waals surface area contributed by atoms with Gasteiger partial charge in [-0.15, -0.1) is 0 Å². The van der Waals surface area contributed by atoms with Crippen molar-refractivity contribution < 1.29 is 9.53 Å². The summed E-state index contributed by atoms with van der Waals surface area (Å²) < 4.78 is 7.29. The summed E-state index contributed by atoms with van der Waals surface area (Å²) in [6.07, 6.45) is 2.90. The zero-order valence-corrected chi connectivity index (χ0v) is 10.4. The van der Waals surface area contributed by atoms with Crippen LogP contribution in [0.5, 0.6) is 0 Å². The van der Waals surface area contributed by atoms with E-state index in [-0.39, 0.29) is 12.0 Å². The van der Waals surface area contributed by atoms with Crippen molar-refractivity contribution in [3.63, 3.8) is 0 Å². The Morgan fingerprint density at radius 2 is 2.50 bits per heavy atom. The highest BCUT2D eigenvalue weighted by Crippen LogP contribution is 2.15. The molecule has 0 aliphatic rings.